The number of hydrogen-bond donors (Lipinski definition) is 0. The molecule has 0 aliphatic carbocycles. The Morgan fingerprint density at radius 1 is 0.288 bits per heavy atom. The molecule has 0 fully saturated rings. The highest BCUT2D eigenvalue weighted by atomic mass is 15.1. The van der Waals surface area contributed by atoms with Crippen LogP contribution in [0.5, 0.6) is 0 Å². The Kier molecular flexibility index (Phi) is 7.07. The minimum Gasteiger partial charge on any atom is -0.253 e. The average Bonchev–Trinajstić information content (AvgIpc) is 3.22. The Morgan fingerprint density at radius 3 is 1.02 bits per heavy atom. The molecule has 0 N–H and O–H groups in total. The van der Waals surface area contributed by atoms with Gasteiger partial charge in [-0.1, -0.05) is 109 Å². The van der Waals surface area contributed by atoms with Crippen LogP contribution in [0.2, 0.25) is 0 Å². The molecule has 0 saturated carbocycles. The molecule has 10 aromatic rings. The van der Waals surface area contributed by atoms with Crippen molar-refractivity contribution in [3.05, 3.63) is 176 Å². The van der Waals surface area contributed by atoms with Crippen molar-refractivity contribution in [2.75, 3.05) is 0 Å². The van der Waals surface area contributed by atoms with E-state index >= 15 is 0 Å². The molecule has 0 unspecified atom stereocenters. The second kappa shape index (κ2) is 12.3. The summed E-state index contributed by atoms with van der Waals surface area (Å²) < 4.78 is 0. The highest BCUT2D eigenvalue weighted by Crippen LogP contribution is 2.43. The van der Waals surface area contributed by atoms with Crippen LogP contribution in [0, 0.1) is 0 Å². The average molecular weight is 664 g/mol. The summed E-state index contributed by atoms with van der Waals surface area (Å²) >= 11 is 0. The first-order valence-electron chi connectivity index (χ1n) is 17.3. The SMILES string of the molecule is c1ccc(-c2nc(-c3cc(-c4c5ccccc5cc5ccccc45)cc(-c4c5ccccc5cc5ccccc45)c3)nc(-c3ccccn3)n2)nc1. The van der Waals surface area contributed by atoms with Crippen LogP contribution >= 0.6 is 0 Å². The summed E-state index contributed by atoms with van der Waals surface area (Å²) in [4.78, 5) is 24.3. The number of pyridine rings is 2. The predicted molar refractivity (Wildman–Crippen MR) is 213 cm³/mol. The molecule has 5 heteroatoms. The van der Waals surface area contributed by atoms with E-state index in [0.717, 1.165) is 16.7 Å². The lowest BCUT2D eigenvalue weighted by molar-refractivity contribution is 1.05. The van der Waals surface area contributed by atoms with Crippen molar-refractivity contribution >= 4 is 43.1 Å². The molecule has 0 bridgehead atoms. The molecule has 3 aromatic heterocycles. The smallest absolute Gasteiger partial charge is 0.182 e. The van der Waals surface area contributed by atoms with Gasteiger partial charge in [-0.15, -0.1) is 0 Å². The van der Waals surface area contributed by atoms with Gasteiger partial charge in [-0.05, 0) is 120 Å². The first-order valence-corrected chi connectivity index (χ1v) is 17.3. The Labute approximate surface area is 300 Å². The largest absolute Gasteiger partial charge is 0.253 e. The molecule has 242 valence electrons. The number of hydrogen-bond acceptors (Lipinski definition) is 5. The Balaban J connectivity index is 1.33. The van der Waals surface area contributed by atoms with E-state index in [1.165, 1.54) is 54.2 Å². The van der Waals surface area contributed by atoms with Gasteiger partial charge in [-0.3, -0.25) is 9.97 Å². The van der Waals surface area contributed by atoms with Gasteiger partial charge in [0.2, 0.25) is 0 Å². The van der Waals surface area contributed by atoms with E-state index in [9.17, 15) is 0 Å². The fraction of sp³-hybridized carbons (Fsp3) is 0. The van der Waals surface area contributed by atoms with Crippen molar-refractivity contribution in [1.29, 1.82) is 0 Å². The lowest BCUT2D eigenvalue weighted by Gasteiger charge is -2.17. The van der Waals surface area contributed by atoms with Gasteiger partial charge in [0.05, 0.1) is 0 Å². The van der Waals surface area contributed by atoms with Crippen LogP contribution in [0.4, 0.5) is 0 Å². The van der Waals surface area contributed by atoms with E-state index in [1.54, 1.807) is 12.4 Å². The summed E-state index contributed by atoms with van der Waals surface area (Å²) in [6, 6.07) is 57.4. The molecule has 0 atom stereocenters. The van der Waals surface area contributed by atoms with Gasteiger partial charge in [-0.25, -0.2) is 15.0 Å². The van der Waals surface area contributed by atoms with E-state index in [0.29, 0.717) is 28.9 Å². The molecular formula is C47H29N5. The van der Waals surface area contributed by atoms with E-state index < -0.39 is 0 Å². The summed E-state index contributed by atoms with van der Waals surface area (Å²) in [5, 5.41) is 9.50. The van der Waals surface area contributed by atoms with Crippen LogP contribution in [0.15, 0.2) is 176 Å². The van der Waals surface area contributed by atoms with Crippen LogP contribution < -0.4 is 0 Å². The van der Waals surface area contributed by atoms with Crippen LogP contribution in [0.25, 0.3) is 99.8 Å². The van der Waals surface area contributed by atoms with Crippen molar-refractivity contribution in [3.63, 3.8) is 0 Å². The third kappa shape index (κ3) is 5.15. The van der Waals surface area contributed by atoms with Gasteiger partial charge in [0.25, 0.3) is 0 Å². The second-order valence-corrected chi connectivity index (χ2v) is 12.9. The summed E-state index contributed by atoms with van der Waals surface area (Å²) in [6.45, 7) is 0. The molecule has 0 amide bonds. The van der Waals surface area contributed by atoms with Gasteiger partial charge in [0, 0.05) is 18.0 Å². The maximum absolute atomic E-state index is 5.11. The van der Waals surface area contributed by atoms with Gasteiger partial charge in [0.15, 0.2) is 17.5 Å². The molecule has 7 aromatic carbocycles. The van der Waals surface area contributed by atoms with Crippen molar-refractivity contribution in [2.24, 2.45) is 0 Å². The number of rotatable bonds is 5. The number of fused-ring (bicyclic) bond motifs is 4. The van der Waals surface area contributed by atoms with Crippen LogP contribution in [-0.4, -0.2) is 24.9 Å². The molecule has 3 heterocycles. The number of benzene rings is 7. The van der Waals surface area contributed by atoms with E-state index in [4.69, 9.17) is 15.0 Å². The Morgan fingerprint density at radius 2 is 0.635 bits per heavy atom. The van der Waals surface area contributed by atoms with Gasteiger partial charge in [0.1, 0.15) is 11.4 Å². The number of aromatic nitrogens is 5. The van der Waals surface area contributed by atoms with E-state index in [1.807, 2.05) is 36.4 Å². The van der Waals surface area contributed by atoms with Crippen molar-refractivity contribution in [3.8, 4) is 56.7 Å². The first kappa shape index (κ1) is 29.8. The zero-order chi connectivity index (χ0) is 34.4. The van der Waals surface area contributed by atoms with Crippen LogP contribution in [0.1, 0.15) is 0 Å². The van der Waals surface area contributed by atoms with Crippen molar-refractivity contribution < 1.29 is 0 Å². The van der Waals surface area contributed by atoms with Gasteiger partial charge < -0.3 is 0 Å². The molecular weight excluding hydrogens is 635 g/mol. The quantitative estimate of drug-likeness (QED) is 0.171. The zero-order valence-corrected chi connectivity index (χ0v) is 28.0. The lowest BCUT2D eigenvalue weighted by Crippen LogP contribution is -2.02. The monoisotopic (exact) mass is 663 g/mol. The van der Waals surface area contributed by atoms with E-state index in [2.05, 4.69) is 137 Å². The van der Waals surface area contributed by atoms with Crippen molar-refractivity contribution in [1.82, 2.24) is 24.9 Å². The Bertz CT molecular complexity index is 2660. The summed E-state index contributed by atoms with van der Waals surface area (Å²) in [5.41, 5.74) is 6.71. The summed E-state index contributed by atoms with van der Waals surface area (Å²) in [7, 11) is 0. The molecule has 0 saturated heterocycles. The van der Waals surface area contributed by atoms with Gasteiger partial charge in [-0.2, -0.15) is 0 Å². The van der Waals surface area contributed by atoms with Crippen LogP contribution in [-0.2, 0) is 0 Å². The second-order valence-electron chi connectivity index (χ2n) is 12.9. The minimum atomic E-state index is 0.490. The fourth-order valence-electron chi connectivity index (χ4n) is 7.42. The first-order chi connectivity index (χ1) is 25.8. The maximum Gasteiger partial charge on any atom is 0.182 e. The molecule has 0 aliphatic heterocycles. The fourth-order valence-corrected chi connectivity index (χ4v) is 7.42. The standard InChI is InChI=1S/C47H29N5/c1-5-17-37-30(13-1)25-31-14-2-6-18-38(31)43(37)34-27-35(44-39-19-7-3-15-32(39)26-33-16-4-8-20-40(33)44)29-36(28-34)45-50-46(41-21-9-11-23-48-41)52-47(51-45)42-22-10-12-24-49-42/h1-29H. The summed E-state index contributed by atoms with van der Waals surface area (Å²) in [5.74, 6) is 1.53. The molecule has 0 aliphatic rings. The highest BCUT2D eigenvalue weighted by Gasteiger charge is 2.19. The maximum atomic E-state index is 5.11. The molecule has 0 spiro atoms. The lowest BCUT2D eigenvalue weighted by atomic mass is 9.87. The van der Waals surface area contributed by atoms with Gasteiger partial charge >= 0.3 is 0 Å². The third-order valence-electron chi connectivity index (χ3n) is 9.73. The topological polar surface area (TPSA) is 64.5 Å². The highest BCUT2D eigenvalue weighted by molar-refractivity contribution is 6.16. The normalized spacial score (nSPS) is 11.5. The third-order valence-corrected chi connectivity index (χ3v) is 9.73. The molecule has 0 radical (unpaired) electrons. The minimum absolute atomic E-state index is 0.490. The summed E-state index contributed by atoms with van der Waals surface area (Å²) in [6.07, 6.45) is 3.52. The van der Waals surface area contributed by atoms with Crippen molar-refractivity contribution in [2.45, 2.75) is 0 Å². The zero-order valence-electron chi connectivity index (χ0n) is 28.0. The predicted octanol–water partition coefficient (Wildman–Crippen LogP) is 11.6. The molecule has 52 heavy (non-hydrogen) atoms. The van der Waals surface area contributed by atoms with Crippen LogP contribution in [0.3, 0.4) is 0 Å². The Hall–Kier alpha value is -7.11. The molecule has 10 rings (SSSR count). The number of nitrogens with zero attached hydrogens (tertiary/aromatic N) is 5. The van der Waals surface area contributed by atoms with E-state index in [-0.39, 0.29) is 0 Å². The molecule has 5 nitrogen and oxygen atoms in total.